The van der Waals surface area contributed by atoms with Crippen molar-refractivity contribution in [1.82, 2.24) is 0 Å². The van der Waals surface area contributed by atoms with Crippen molar-refractivity contribution in [3.05, 3.63) is 77.4 Å². The average molecular weight is 413 g/mol. The normalized spacial score (nSPS) is 25.9. The maximum atomic E-state index is 13.5. The van der Waals surface area contributed by atoms with Crippen molar-refractivity contribution >= 4 is 28.9 Å². The predicted molar refractivity (Wildman–Crippen MR) is 118 cm³/mol. The molecule has 0 spiro atoms. The largest absolute Gasteiger partial charge is 0.495 e. The number of rotatable bonds is 4. The van der Waals surface area contributed by atoms with Gasteiger partial charge >= 0.3 is 0 Å². The molecule has 2 aromatic rings. The smallest absolute Gasteiger partial charge is 0.238 e. The minimum absolute atomic E-state index is 0.0846. The van der Waals surface area contributed by atoms with Crippen molar-refractivity contribution < 1.29 is 19.1 Å². The van der Waals surface area contributed by atoms with Gasteiger partial charge < -0.3 is 4.74 Å². The molecule has 0 unspecified atom stereocenters. The predicted octanol–water partition coefficient (Wildman–Crippen LogP) is 4.29. The number of benzene rings is 2. The molecular weight excluding hydrogens is 390 g/mol. The van der Waals surface area contributed by atoms with E-state index in [1.54, 1.807) is 18.2 Å². The summed E-state index contributed by atoms with van der Waals surface area (Å²) < 4.78 is 5.42. The van der Waals surface area contributed by atoms with Crippen molar-refractivity contribution in [3.63, 3.8) is 0 Å². The zero-order chi connectivity index (χ0) is 21.9. The minimum Gasteiger partial charge on any atom is -0.495 e. The number of imide groups is 1. The molecule has 1 heterocycles. The third kappa shape index (κ3) is 2.73. The molecule has 31 heavy (non-hydrogen) atoms. The van der Waals surface area contributed by atoms with Crippen LogP contribution in [0.4, 0.5) is 5.69 Å². The van der Waals surface area contributed by atoms with Crippen LogP contribution in [0.2, 0.25) is 0 Å². The minimum atomic E-state index is -0.415. The molecule has 0 N–H and O–H groups in total. The van der Waals surface area contributed by atoms with Gasteiger partial charge in [0.2, 0.25) is 11.8 Å². The van der Waals surface area contributed by atoms with E-state index in [0.29, 0.717) is 17.0 Å². The summed E-state index contributed by atoms with van der Waals surface area (Å²) >= 11 is 0. The standard InChI is InChI=1S/C26H23NO4/c1-14(16-7-5-4-6-8-16)22-18-10-11-19(22)24-23(18)25(29)27(26(24)30)20-13-17(15(2)28)9-12-21(20)31-3/h4-13,18-19,23-24H,1-3H3/t18-,19-,23-,24-/m0/s1. The molecular formula is C26H23NO4. The van der Waals surface area contributed by atoms with Crippen molar-refractivity contribution in [2.24, 2.45) is 23.7 Å². The number of ether oxygens (including phenoxy) is 1. The number of anilines is 1. The van der Waals surface area contributed by atoms with Crippen molar-refractivity contribution in [1.29, 1.82) is 0 Å². The number of allylic oxidation sites excluding steroid dienone is 4. The number of nitrogens with zero attached hydrogens (tertiary/aromatic N) is 1. The quantitative estimate of drug-likeness (QED) is 0.426. The van der Waals surface area contributed by atoms with Crippen LogP contribution in [-0.4, -0.2) is 24.7 Å². The molecule has 1 aliphatic heterocycles. The second-order valence-electron chi connectivity index (χ2n) is 8.39. The molecule has 2 aliphatic carbocycles. The Balaban J connectivity index is 1.57. The molecule has 2 amide bonds. The first-order valence-electron chi connectivity index (χ1n) is 10.4. The van der Waals surface area contributed by atoms with Gasteiger partial charge in [-0.1, -0.05) is 48.1 Å². The molecule has 0 aromatic heterocycles. The molecule has 1 saturated heterocycles. The third-order valence-electron chi connectivity index (χ3n) is 6.88. The summed E-state index contributed by atoms with van der Waals surface area (Å²) in [5.41, 5.74) is 4.22. The van der Waals surface area contributed by atoms with Crippen LogP contribution in [-0.2, 0) is 9.59 Å². The van der Waals surface area contributed by atoms with Gasteiger partial charge in [0.15, 0.2) is 5.78 Å². The molecule has 4 atom stereocenters. The van der Waals surface area contributed by atoms with Gasteiger partial charge in [-0.2, -0.15) is 0 Å². The van der Waals surface area contributed by atoms with Crippen LogP contribution in [0.5, 0.6) is 5.75 Å². The molecule has 156 valence electrons. The lowest BCUT2D eigenvalue weighted by Crippen LogP contribution is -2.33. The molecule has 0 radical (unpaired) electrons. The molecule has 5 heteroatoms. The van der Waals surface area contributed by atoms with E-state index in [2.05, 4.69) is 31.2 Å². The third-order valence-corrected chi connectivity index (χ3v) is 6.88. The summed E-state index contributed by atoms with van der Waals surface area (Å²) in [6.45, 7) is 3.53. The number of ketones is 1. The van der Waals surface area contributed by atoms with Gasteiger partial charge in [-0.05, 0) is 43.2 Å². The highest BCUT2D eigenvalue weighted by Gasteiger charge is 2.62. The van der Waals surface area contributed by atoms with E-state index in [4.69, 9.17) is 4.74 Å². The second-order valence-corrected chi connectivity index (χ2v) is 8.39. The van der Waals surface area contributed by atoms with Gasteiger partial charge in [0.1, 0.15) is 5.75 Å². The zero-order valence-corrected chi connectivity index (χ0v) is 17.7. The second kappa shape index (κ2) is 7.05. The van der Waals surface area contributed by atoms with Gasteiger partial charge in [0.05, 0.1) is 24.6 Å². The van der Waals surface area contributed by atoms with Crippen molar-refractivity contribution in [2.45, 2.75) is 13.8 Å². The Labute approximate surface area is 181 Å². The maximum Gasteiger partial charge on any atom is 0.238 e. The maximum absolute atomic E-state index is 13.5. The monoisotopic (exact) mass is 413 g/mol. The summed E-state index contributed by atoms with van der Waals surface area (Å²) in [5, 5.41) is 0. The van der Waals surface area contributed by atoms with Gasteiger partial charge in [0, 0.05) is 17.4 Å². The number of Topliss-reactive ketones (excluding diaryl/α,β-unsaturated/α-hetero) is 1. The molecule has 5 nitrogen and oxygen atoms in total. The number of methoxy groups -OCH3 is 1. The Morgan fingerprint density at radius 2 is 1.48 bits per heavy atom. The summed E-state index contributed by atoms with van der Waals surface area (Å²) in [4.78, 5) is 40.2. The van der Waals surface area contributed by atoms with E-state index < -0.39 is 11.8 Å². The summed E-state index contributed by atoms with van der Waals surface area (Å²) in [5.74, 6) is -1.16. The van der Waals surface area contributed by atoms with Gasteiger partial charge in [-0.3, -0.25) is 14.4 Å². The SMILES string of the molecule is COc1ccc(C(C)=O)cc1N1C(=O)[C@@H]2[C@@H](C1=O)[C@H]1C=C[C@H]2C1=C(C)c1ccccc1. The lowest BCUT2D eigenvalue weighted by atomic mass is 9.85. The zero-order valence-electron chi connectivity index (χ0n) is 17.7. The summed E-state index contributed by atoms with van der Waals surface area (Å²) in [6.07, 6.45) is 4.15. The Bertz CT molecular complexity index is 1140. The number of hydrogen-bond acceptors (Lipinski definition) is 4. The fraction of sp³-hybridized carbons (Fsp3) is 0.269. The van der Waals surface area contributed by atoms with Crippen molar-refractivity contribution in [3.8, 4) is 5.75 Å². The molecule has 2 aromatic carbocycles. The van der Waals surface area contributed by atoms with Crippen LogP contribution in [0.3, 0.4) is 0 Å². The van der Waals surface area contributed by atoms with Crippen LogP contribution in [0.25, 0.3) is 5.57 Å². The highest BCUT2D eigenvalue weighted by molar-refractivity contribution is 6.24. The Morgan fingerprint density at radius 1 is 0.871 bits per heavy atom. The number of carbonyl (C=O) groups excluding carboxylic acids is 3. The summed E-state index contributed by atoms with van der Waals surface area (Å²) in [6, 6.07) is 15.0. The van der Waals surface area contributed by atoms with Crippen molar-refractivity contribution in [2.75, 3.05) is 12.0 Å². The number of carbonyl (C=O) groups is 3. The molecule has 2 fully saturated rings. The van der Waals surface area contributed by atoms with Gasteiger partial charge in [0.25, 0.3) is 0 Å². The molecule has 2 bridgehead atoms. The fourth-order valence-corrected chi connectivity index (χ4v) is 5.44. The first kappa shape index (κ1) is 19.5. The number of hydrogen-bond donors (Lipinski definition) is 0. The highest BCUT2D eigenvalue weighted by Crippen LogP contribution is 2.58. The lowest BCUT2D eigenvalue weighted by molar-refractivity contribution is -0.123. The molecule has 1 saturated carbocycles. The van der Waals surface area contributed by atoms with E-state index in [9.17, 15) is 14.4 Å². The van der Waals surface area contributed by atoms with Crippen LogP contribution in [0.1, 0.15) is 29.8 Å². The fourth-order valence-electron chi connectivity index (χ4n) is 5.44. The van der Waals surface area contributed by atoms with Crippen LogP contribution >= 0.6 is 0 Å². The van der Waals surface area contributed by atoms with Crippen LogP contribution in [0.15, 0.2) is 66.3 Å². The number of amides is 2. The van der Waals surface area contributed by atoms with Gasteiger partial charge in [-0.15, -0.1) is 0 Å². The topological polar surface area (TPSA) is 63.7 Å². The summed E-state index contributed by atoms with van der Waals surface area (Å²) in [7, 11) is 1.49. The van der Waals surface area contributed by atoms with E-state index in [1.165, 1.54) is 24.5 Å². The lowest BCUT2D eigenvalue weighted by Gasteiger charge is -2.22. The van der Waals surface area contributed by atoms with Gasteiger partial charge in [-0.25, -0.2) is 4.90 Å². The number of fused-ring (bicyclic) bond motifs is 5. The Kier molecular flexibility index (Phi) is 4.43. The van der Waals surface area contributed by atoms with Crippen LogP contribution < -0.4 is 9.64 Å². The molecule has 3 aliphatic rings. The van der Waals surface area contributed by atoms with E-state index in [-0.39, 0.29) is 29.4 Å². The first-order valence-corrected chi connectivity index (χ1v) is 10.4. The highest BCUT2D eigenvalue weighted by atomic mass is 16.5. The Morgan fingerprint density at radius 3 is 2.03 bits per heavy atom. The first-order chi connectivity index (χ1) is 14.9. The Hall–Kier alpha value is -3.47. The van der Waals surface area contributed by atoms with Crippen LogP contribution in [0, 0.1) is 23.7 Å². The van der Waals surface area contributed by atoms with E-state index >= 15 is 0 Å². The van der Waals surface area contributed by atoms with E-state index in [1.807, 2.05) is 18.2 Å². The van der Waals surface area contributed by atoms with E-state index in [0.717, 1.165) is 11.1 Å². The average Bonchev–Trinajstić information content (AvgIpc) is 3.42. The molecule has 5 rings (SSSR count).